The van der Waals surface area contributed by atoms with E-state index in [1.807, 2.05) is 0 Å². The van der Waals surface area contributed by atoms with Crippen molar-refractivity contribution in [3.05, 3.63) is 211 Å². The third kappa shape index (κ3) is 4.40. The summed E-state index contributed by atoms with van der Waals surface area (Å²) in [5, 5.41) is 17.5. The first-order valence-corrected chi connectivity index (χ1v) is 20.8. The molecule has 3 aromatic heterocycles. The second-order valence-electron chi connectivity index (χ2n) is 16.3. The Morgan fingerprint density at radius 2 is 1.05 bits per heavy atom. The van der Waals surface area contributed by atoms with Crippen molar-refractivity contribution in [3.63, 3.8) is 0 Å². The predicted octanol–water partition coefficient (Wildman–Crippen LogP) is 13.0. The molecule has 5 heteroatoms. The van der Waals surface area contributed by atoms with Gasteiger partial charge in [-0.05, 0) is 72.8 Å². The summed E-state index contributed by atoms with van der Waals surface area (Å²) >= 11 is 0. The van der Waals surface area contributed by atoms with Crippen molar-refractivity contribution in [1.29, 1.82) is 5.26 Å². The van der Waals surface area contributed by atoms with Gasteiger partial charge in [-0.25, -0.2) is 0 Å². The van der Waals surface area contributed by atoms with Gasteiger partial charge in [0.05, 0.1) is 56.6 Å². The first kappa shape index (κ1) is 33.2. The largest absolute Gasteiger partial charge is 0.357 e. The van der Waals surface area contributed by atoms with Crippen LogP contribution in [0.5, 0.6) is 0 Å². The van der Waals surface area contributed by atoms with Gasteiger partial charge in [-0.1, -0.05) is 127 Å². The van der Waals surface area contributed by atoms with Crippen LogP contribution < -0.4 is 4.90 Å². The van der Waals surface area contributed by atoms with Crippen molar-refractivity contribution in [1.82, 2.24) is 13.7 Å². The number of benzene rings is 7. The molecule has 2 aliphatic carbocycles. The minimum absolute atomic E-state index is 0.00156. The van der Waals surface area contributed by atoms with E-state index in [9.17, 15) is 5.26 Å². The van der Waals surface area contributed by atoms with Crippen molar-refractivity contribution in [3.8, 4) is 23.1 Å². The molecule has 10 aromatic rings. The maximum Gasteiger partial charge on any atom is 0.102 e. The van der Waals surface area contributed by atoms with Gasteiger partial charge in [-0.2, -0.15) is 5.26 Å². The summed E-state index contributed by atoms with van der Waals surface area (Å²) in [6, 6.07) is 61.6. The summed E-state index contributed by atoms with van der Waals surface area (Å²) < 4.78 is 7.16. The molecule has 7 aromatic carbocycles. The average Bonchev–Trinajstić information content (AvgIpc) is 4.04. The van der Waals surface area contributed by atoms with Crippen LogP contribution >= 0.6 is 0 Å². The van der Waals surface area contributed by atoms with Crippen molar-refractivity contribution in [2.75, 3.05) is 4.90 Å². The van der Waals surface area contributed by atoms with E-state index in [1.165, 1.54) is 27.4 Å². The monoisotopic (exact) mass is 767 g/mol. The minimum atomic E-state index is -0.00156. The number of hydrogen-bond donors (Lipinski definition) is 0. The summed E-state index contributed by atoms with van der Waals surface area (Å²) in [5.41, 5.74) is 12.8. The zero-order chi connectivity index (χ0) is 39.5. The normalized spacial score (nSPS) is 19.1. The number of aromatic nitrogens is 3. The summed E-state index contributed by atoms with van der Waals surface area (Å²) in [6.07, 6.45) is 13.9. The zero-order valence-corrected chi connectivity index (χ0v) is 32.6. The lowest BCUT2D eigenvalue weighted by Gasteiger charge is -2.34. The van der Waals surface area contributed by atoms with Crippen LogP contribution in [0.3, 0.4) is 0 Å². The fraction of sp³-hybridized carbons (Fsp3) is 0.0727. The minimum Gasteiger partial charge on any atom is -0.357 e. The Balaban J connectivity index is 1.18. The second kappa shape index (κ2) is 12.6. The molecule has 4 atom stereocenters. The van der Waals surface area contributed by atoms with Crippen LogP contribution in [0.1, 0.15) is 22.9 Å². The first-order valence-electron chi connectivity index (χ1n) is 20.8. The van der Waals surface area contributed by atoms with E-state index in [0.29, 0.717) is 11.5 Å². The third-order valence-corrected chi connectivity index (χ3v) is 13.4. The number of hydrogen-bond acceptors (Lipinski definition) is 2. The van der Waals surface area contributed by atoms with Gasteiger partial charge in [0.2, 0.25) is 0 Å². The lowest BCUT2D eigenvalue weighted by atomic mass is 9.79. The van der Waals surface area contributed by atoms with Gasteiger partial charge in [0.1, 0.15) is 6.07 Å². The van der Waals surface area contributed by atoms with E-state index in [2.05, 4.69) is 225 Å². The molecular formula is C55H37N5. The average molecular weight is 768 g/mol. The highest BCUT2D eigenvalue weighted by atomic mass is 15.2. The molecule has 0 bridgehead atoms. The van der Waals surface area contributed by atoms with Crippen LogP contribution in [0.4, 0.5) is 5.69 Å². The molecule has 0 amide bonds. The topological polar surface area (TPSA) is 41.8 Å². The van der Waals surface area contributed by atoms with Crippen LogP contribution in [0.15, 0.2) is 194 Å². The highest BCUT2D eigenvalue weighted by Crippen LogP contribution is 2.56. The molecule has 3 aliphatic rings. The first-order chi connectivity index (χ1) is 29.8. The van der Waals surface area contributed by atoms with E-state index in [0.717, 1.165) is 61.1 Å². The number of para-hydroxylation sites is 5. The van der Waals surface area contributed by atoms with Crippen LogP contribution in [0.2, 0.25) is 0 Å². The van der Waals surface area contributed by atoms with Crippen LogP contribution in [-0.4, -0.2) is 19.7 Å². The molecule has 282 valence electrons. The molecule has 13 rings (SSSR count). The van der Waals surface area contributed by atoms with Gasteiger partial charge in [-0.3, -0.25) is 0 Å². The Kier molecular flexibility index (Phi) is 6.97. The van der Waals surface area contributed by atoms with Crippen molar-refractivity contribution in [2.24, 2.45) is 11.8 Å². The van der Waals surface area contributed by atoms with Gasteiger partial charge in [0, 0.05) is 61.4 Å². The van der Waals surface area contributed by atoms with Gasteiger partial charge < -0.3 is 18.6 Å². The summed E-state index contributed by atoms with van der Waals surface area (Å²) in [4.78, 5) is 2.63. The molecule has 1 fully saturated rings. The van der Waals surface area contributed by atoms with Crippen molar-refractivity contribution < 1.29 is 0 Å². The van der Waals surface area contributed by atoms with Gasteiger partial charge in [0.15, 0.2) is 0 Å². The molecule has 4 heterocycles. The van der Waals surface area contributed by atoms with E-state index in [1.54, 1.807) is 0 Å². The van der Waals surface area contributed by atoms with Crippen LogP contribution in [0.25, 0.3) is 77.7 Å². The smallest absolute Gasteiger partial charge is 0.102 e. The quantitative estimate of drug-likeness (QED) is 0.179. The molecule has 0 spiro atoms. The molecule has 5 nitrogen and oxygen atoms in total. The number of nitriles is 1. The fourth-order valence-electron chi connectivity index (χ4n) is 11.2. The summed E-state index contributed by atoms with van der Waals surface area (Å²) in [7, 11) is 0. The van der Waals surface area contributed by atoms with E-state index < -0.39 is 0 Å². The Bertz CT molecular complexity index is 3520. The highest BCUT2D eigenvalue weighted by molar-refractivity contribution is 6.26. The summed E-state index contributed by atoms with van der Waals surface area (Å²) in [5.74, 6) is 0.506. The SMILES string of the molecule is N#Cc1c(-n2c3ccccc3c3ccc4c(c5ccccc5n4-c4ccccc4)c32)ccc2c1c1c(n2-c2ccccc2)C=CC2C3C=CC=CC3N(c3ccccc3)C12. The Hall–Kier alpha value is -7.81. The number of nitrogens with zero attached hydrogens (tertiary/aromatic N) is 5. The number of allylic oxidation sites excluding steroid dienone is 2. The number of anilines is 1. The molecule has 0 N–H and O–H groups in total. The maximum atomic E-state index is 11.8. The molecule has 0 radical (unpaired) electrons. The zero-order valence-electron chi connectivity index (χ0n) is 32.6. The maximum absolute atomic E-state index is 11.8. The van der Waals surface area contributed by atoms with Gasteiger partial charge in [0.25, 0.3) is 0 Å². The third-order valence-electron chi connectivity index (χ3n) is 13.4. The molecular weight excluding hydrogens is 731 g/mol. The fourth-order valence-corrected chi connectivity index (χ4v) is 11.2. The highest BCUT2D eigenvalue weighted by Gasteiger charge is 2.50. The molecule has 60 heavy (non-hydrogen) atoms. The number of fused-ring (bicyclic) bond motifs is 14. The molecule has 0 saturated carbocycles. The van der Waals surface area contributed by atoms with Gasteiger partial charge in [-0.15, -0.1) is 0 Å². The Labute approximate surface area is 346 Å². The predicted molar refractivity (Wildman–Crippen MR) is 246 cm³/mol. The van der Waals surface area contributed by atoms with Gasteiger partial charge >= 0.3 is 0 Å². The summed E-state index contributed by atoms with van der Waals surface area (Å²) in [6.45, 7) is 0. The van der Waals surface area contributed by atoms with E-state index >= 15 is 0 Å². The lowest BCUT2D eigenvalue weighted by Crippen LogP contribution is -2.33. The van der Waals surface area contributed by atoms with Crippen molar-refractivity contribution >= 4 is 66.3 Å². The van der Waals surface area contributed by atoms with Crippen LogP contribution in [0, 0.1) is 23.2 Å². The van der Waals surface area contributed by atoms with E-state index in [-0.39, 0.29) is 18.0 Å². The lowest BCUT2D eigenvalue weighted by molar-refractivity contribution is 0.503. The Morgan fingerprint density at radius 1 is 0.450 bits per heavy atom. The Morgan fingerprint density at radius 3 is 1.78 bits per heavy atom. The molecule has 1 aliphatic heterocycles. The van der Waals surface area contributed by atoms with E-state index in [4.69, 9.17) is 0 Å². The van der Waals surface area contributed by atoms with Crippen LogP contribution in [-0.2, 0) is 0 Å². The van der Waals surface area contributed by atoms with Crippen molar-refractivity contribution in [2.45, 2.75) is 12.1 Å². The molecule has 4 unspecified atom stereocenters. The number of rotatable bonds is 4. The standard InChI is InChI=1S/C55H37N5/c56-34-43-47(60-45-26-14-11-23-39(45)40-28-30-49-52(54(40)60)42-24-12-15-27-46(42)57(49)35-16-4-1-5-17-35)32-33-48-51(43)53-50(58(48)36-18-6-2-7-19-36)31-29-41-38-22-10-13-25-44(38)59(55(41)53)37-20-8-3-9-21-37/h1-33,38,41,44,55H. The second-order valence-corrected chi connectivity index (χ2v) is 16.3. The molecule has 1 saturated heterocycles.